The third-order valence-electron chi connectivity index (χ3n) is 6.36. The topological polar surface area (TPSA) is 73.8 Å². The van der Waals surface area contributed by atoms with E-state index in [2.05, 4.69) is 21.9 Å². The Kier molecular flexibility index (Phi) is 7.32. The van der Waals surface area contributed by atoms with Gasteiger partial charge < -0.3 is 25.4 Å². The molecule has 4 rings (SSSR count). The fourth-order valence-corrected chi connectivity index (χ4v) is 4.78. The van der Waals surface area contributed by atoms with Gasteiger partial charge in [0.2, 0.25) is 0 Å². The van der Waals surface area contributed by atoms with Gasteiger partial charge in [-0.25, -0.2) is 9.18 Å². The maximum Gasteiger partial charge on any atom is 0.573 e. The smallest absolute Gasteiger partial charge is 0.503 e. The summed E-state index contributed by atoms with van der Waals surface area (Å²) < 4.78 is 56.0. The highest BCUT2D eigenvalue weighted by Crippen LogP contribution is 2.53. The van der Waals surface area contributed by atoms with E-state index in [-0.39, 0.29) is 5.69 Å². The van der Waals surface area contributed by atoms with Crippen molar-refractivity contribution in [3.63, 3.8) is 0 Å². The zero-order chi connectivity index (χ0) is 28.5. The molecule has 3 aromatic rings. The van der Waals surface area contributed by atoms with E-state index in [0.29, 0.717) is 29.2 Å². The number of allylic oxidation sites excluding steroid dienone is 3. The van der Waals surface area contributed by atoms with Gasteiger partial charge in [-0.3, -0.25) is 0 Å². The van der Waals surface area contributed by atoms with Gasteiger partial charge in [-0.15, -0.1) is 13.2 Å². The van der Waals surface area contributed by atoms with E-state index < -0.39 is 35.1 Å². The van der Waals surface area contributed by atoms with Gasteiger partial charge in [-0.05, 0) is 66.1 Å². The molecule has 0 unspecified atom stereocenters. The first-order valence-corrected chi connectivity index (χ1v) is 12.0. The summed E-state index contributed by atoms with van der Waals surface area (Å²) in [6.45, 7) is 10.0. The van der Waals surface area contributed by atoms with Crippen molar-refractivity contribution < 1.29 is 32.2 Å². The summed E-state index contributed by atoms with van der Waals surface area (Å²) in [6, 6.07) is 12.2. The van der Waals surface area contributed by atoms with Crippen LogP contribution in [0, 0.1) is 5.82 Å². The van der Waals surface area contributed by atoms with Crippen LogP contribution in [0.15, 0.2) is 73.3 Å². The Hall–Kier alpha value is -4.47. The number of carbonyl (C=O) groups is 1. The molecule has 0 atom stereocenters. The number of para-hydroxylation sites is 2. The number of benzene rings is 3. The lowest BCUT2D eigenvalue weighted by molar-refractivity contribution is -0.274. The van der Waals surface area contributed by atoms with E-state index in [1.165, 1.54) is 18.2 Å². The Labute approximate surface area is 223 Å². The van der Waals surface area contributed by atoms with Crippen LogP contribution in [0.4, 0.5) is 45.1 Å². The van der Waals surface area contributed by atoms with Crippen molar-refractivity contribution in [1.82, 2.24) is 0 Å². The second-order valence-corrected chi connectivity index (χ2v) is 9.56. The highest BCUT2D eigenvalue weighted by atomic mass is 19.4. The van der Waals surface area contributed by atoms with Crippen LogP contribution in [0.3, 0.4) is 0 Å². The van der Waals surface area contributed by atoms with Gasteiger partial charge in [0.05, 0.1) is 17.1 Å². The molecule has 0 spiro atoms. The quantitative estimate of drug-likeness (QED) is 0.218. The van der Waals surface area contributed by atoms with Crippen LogP contribution in [-0.4, -0.2) is 24.0 Å². The summed E-state index contributed by atoms with van der Waals surface area (Å²) in [5.74, 6) is -1.70. The predicted octanol–water partition coefficient (Wildman–Crippen LogP) is 8.09. The SMILES string of the molecule is C=C/C(=C\C)c1cc(F)c(O)c2c1C(C)(C)CN2c1ccccc1NC(=O)Nc1ccc(OC(F)(F)F)cc1. The number of amides is 2. The van der Waals surface area contributed by atoms with E-state index in [1.807, 2.05) is 26.8 Å². The number of fused-ring (bicyclic) bond motifs is 1. The third-order valence-corrected chi connectivity index (χ3v) is 6.36. The summed E-state index contributed by atoms with van der Waals surface area (Å²) in [6.07, 6.45) is -1.37. The van der Waals surface area contributed by atoms with Crippen LogP contribution in [-0.2, 0) is 5.41 Å². The number of carbonyl (C=O) groups excluding carboxylic acids is 1. The normalized spacial score (nSPS) is 14.5. The number of nitrogens with one attached hydrogen (secondary N) is 2. The molecule has 0 radical (unpaired) electrons. The largest absolute Gasteiger partial charge is 0.573 e. The molecule has 3 aromatic carbocycles. The molecule has 39 heavy (non-hydrogen) atoms. The number of nitrogens with zero attached hydrogens (tertiary/aromatic N) is 1. The third kappa shape index (κ3) is 5.69. The van der Waals surface area contributed by atoms with Crippen LogP contribution in [0.5, 0.6) is 11.5 Å². The Balaban J connectivity index is 1.66. The first-order valence-electron chi connectivity index (χ1n) is 12.0. The van der Waals surface area contributed by atoms with Gasteiger partial charge in [0.1, 0.15) is 5.75 Å². The van der Waals surface area contributed by atoms with E-state index in [1.54, 1.807) is 35.2 Å². The Morgan fingerprint density at radius 2 is 1.79 bits per heavy atom. The number of halogens is 4. The fraction of sp³-hybridized carbons (Fsp3) is 0.207. The van der Waals surface area contributed by atoms with Gasteiger partial charge in [0.15, 0.2) is 11.6 Å². The van der Waals surface area contributed by atoms with Gasteiger partial charge in [0.25, 0.3) is 0 Å². The number of alkyl halides is 3. The highest BCUT2D eigenvalue weighted by Gasteiger charge is 2.42. The minimum atomic E-state index is -4.82. The number of urea groups is 1. The summed E-state index contributed by atoms with van der Waals surface area (Å²) in [7, 11) is 0. The Morgan fingerprint density at radius 3 is 2.41 bits per heavy atom. The van der Waals surface area contributed by atoms with Crippen LogP contribution in [0.25, 0.3) is 5.57 Å². The van der Waals surface area contributed by atoms with Gasteiger partial charge in [-0.1, -0.05) is 44.7 Å². The van der Waals surface area contributed by atoms with Crippen molar-refractivity contribution in [2.24, 2.45) is 0 Å². The maximum absolute atomic E-state index is 15.0. The van der Waals surface area contributed by atoms with Gasteiger partial charge >= 0.3 is 12.4 Å². The minimum absolute atomic E-state index is 0.236. The number of anilines is 4. The van der Waals surface area contributed by atoms with Crippen molar-refractivity contribution in [1.29, 1.82) is 0 Å². The second-order valence-electron chi connectivity index (χ2n) is 9.56. The highest BCUT2D eigenvalue weighted by molar-refractivity contribution is 6.03. The molecule has 0 aromatic heterocycles. The molecular weight excluding hydrogens is 514 g/mol. The number of phenols is 1. The number of rotatable bonds is 6. The summed E-state index contributed by atoms with van der Waals surface area (Å²) in [5.41, 5.74) is 2.99. The van der Waals surface area contributed by atoms with Gasteiger partial charge in [-0.2, -0.15) is 0 Å². The molecule has 0 aliphatic carbocycles. The molecule has 0 saturated carbocycles. The van der Waals surface area contributed by atoms with Crippen LogP contribution in [0.1, 0.15) is 31.9 Å². The number of aromatic hydroxyl groups is 1. The van der Waals surface area contributed by atoms with Gasteiger partial charge in [0, 0.05) is 17.6 Å². The average Bonchev–Trinajstić information content (AvgIpc) is 3.14. The molecule has 0 saturated heterocycles. The predicted molar refractivity (Wildman–Crippen MR) is 144 cm³/mol. The van der Waals surface area contributed by atoms with Crippen molar-refractivity contribution in [2.45, 2.75) is 32.5 Å². The van der Waals surface area contributed by atoms with E-state index in [0.717, 1.165) is 23.3 Å². The molecule has 1 heterocycles. The molecule has 1 aliphatic rings. The second kappa shape index (κ2) is 10.4. The van der Waals surface area contributed by atoms with E-state index in [4.69, 9.17) is 0 Å². The summed E-state index contributed by atoms with van der Waals surface area (Å²) >= 11 is 0. The molecule has 204 valence electrons. The molecule has 0 bridgehead atoms. The lowest BCUT2D eigenvalue weighted by Crippen LogP contribution is -2.27. The maximum atomic E-state index is 15.0. The minimum Gasteiger partial charge on any atom is -0.503 e. The molecular formula is C29H27F4N3O3. The molecule has 2 amide bonds. The fourth-order valence-electron chi connectivity index (χ4n) is 4.78. The lowest BCUT2D eigenvalue weighted by Gasteiger charge is -2.25. The zero-order valence-electron chi connectivity index (χ0n) is 21.5. The van der Waals surface area contributed by atoms with E-state index >= 15 is 0 Å². The first-order chi connectivity index (χ1) is 18.3. The molecule has 0 fully saturated rings. The van der Waals surface area contributed by atoms with E-state index in [9.17, 15) is 27.5 Å². The summed E-state index contributed by atoms with van der Waals surface area (Å²) in [5, 5.41) is 16.1. The number of ether oxygens (including phenoxy) is 1. The number of phenolic OH excluding ortho intramolecular Hbond substituents is 1. The number of hydrogen-bond donors (Lipinski definition) is 3. The van der Waals surface area contributed by atoms with Crippen molar-refractivity contribution in [2.75, 3.05) is 22.1 Å². The standard InChI is InChI=1S/C29H27F4N3O3/c1-5-17(6-2)20-15-21(30)26(37)25-24(20)28(3,4)16-36(25)23-10-8-7-9-22(23)35-27(38)34-18-11-13-19(14-12-18)39-29(31,32)33/h5-15,37H,1,16H2,2-4H3,(H2,34,35,38)/b17-6+. The monoisotopic (exact) mass is 541 g/mol. The van der Waals surface area contributed by atoms with Crippen molar-refractivity contribution in [3.8, 4) is 11.5 Å². The van der Waals surface area contributed by atoms with Crippen molar-refractivity contribution >= 4 is 34.4 Å². The lowest BCUT2D eigenvalue weighted by atomic mass is 9.81. The van der Waals surface area contributed by atoms with Crippen LogP contribution in [0.2, 0.25) is 0 Å². The summed E-state index contributed by atoms with van der Waals surface area (Å²) in [4.78, 5) is 14.6. The Bertz CT molecular complexity index is 1450. The molecule has 1 aliphatic heterocycles. The Morgan fingerprint density at radius 1 is 1.13 bits per heavy atom. The number of hydrogen-bond acceptors (Lipinski definition) is 4. The van der Waals surface area contributed by atoms with Crippen LogP contribution < -0.4 is 20.3 Å². The molecule has 3 N–H and O–H groups in total. The zero-order valence-corrected chi connectivity index (χ0v) is 21.5. The average molecular weight is 542 g/mol. The van der Waals surface area contributed by atoms with Crippen LogP contribution >= 0.6 is 0 Å². The van der Waals surface area contributed by atoms with Crippen molar-refractivity contribution in [3.05, 3.63) is 90.3 Å². The molecule has 6 nitrogen and oxygen atoms in total. The first kappa shape index (κ1) is 27.6. The molecule has 10 heteroatoms.